The second-order valence-corrected chi connectivity index (χ2v) is 6.22. The fraction of sp³-hybridized carbons (Fsp3) is 0.190. The molecule has 0 unspecified atom stereocenters. The highest BCUT2D eigenvalue weighted by Crippen LogP contribution is 2.21. The van der Waals surface area contributed by atoms with Gasteiger partial charge in [-0.2, -0.15) is 0 Å². The lowest BCUT2D eigenvalue weighted by Gasteiger charge is -2.11. The summed E-state index contributed by atoms with van der Waals surface area (Å²) in [5.74, 6) is 1.17. The summed E-state index contributed by atoms with van der Waals surface area (Å²) < 4.78 is 18.6. The lowest BCUT2D eigenvalue weighted by molar-refractivity contribution is 0.102. The molecule has 3 N–H and O–H groups in total. The molecule has 0 fully saturated rings. The number of anilines is 4. The number of methoxy groups -OCH3 is 1. The van der Waals surface area contributed by atoms with Gasteiger partial charge >= 0.3 is 0 Å². The molecule has 0 saturated carbocycles. The normalized spacial score (nSPS) is 10.3. The van der Waals surface area contributed by atoms with E-state index in [-0.39, 0.29) is 11.3 Å². The first-order valence-corrected chi connectivity index (χ1v) is 9.10. The summed E-state index contributed by atoms with van der Waals surface area (Å²) in [6.45, 7) is 4.59. The van der Waals surface area contributed by atoms with Gasteiger partial charge in [-0.3, -0.25) is 4.79 Å². The molecule has 150 valence electrons. The minimum atomic E-state index is -0.586. The van der Waals surface area contributed by atoms with Gasteiger partial charge in [0.2, 0.25) is 0 Å². The van der Waals surface area contributed by atoms with Crippen LogP contribution >= 0.6 is 0 Å². The number of nitrogens with one attached hydrogen (secondary N) is 3. The number of halogens is 1. The molecule has 0 aliphatic rings. The lowest BCUT2D eigenvalue weighted by Crippen LogP contribution is -2.12. The summed E-state index contributed by atoms with van der Waals surface area (Å²) in [6.07, 6.45) is 0. The first-order valence-electron chi connectivity index (χ1n) is 9.10. The predicted molar refractivity (Wildman–Crippen MR) is 112 cm³/mol. The summed E-state index contributed by atoms with van der Waals surface area (Å²) in [5.41, 5.74) is 1.60. The van der Waals surface area contributed by atoms with E-state index < -0.39 is 11.7 Å². The molecule has 0 radical (unpaired) electrons. The van der Waals surface area contributed by atoms with Crippen LogP contribution in [-0.2, 0) is 0 Å². The quantitative estimate of drug-likeness (QED) is 0.551. The standard InChI is InChI=1S/C21H22FN5O2/c1-4-23-19-12-20(25-13(2)24-19)26-15-6-8-16(9-7-15)27-21(28)14-5-10-18(29-3)17(22)11-14/h5-12H,4H2,1-3H3,(H,27,28)(H2,23,24,25,26). The number of ether oxygens (including phenoxy) is 1. The van der Waals surface area contributed by atoms with E-state index >= 15 is 0 Å². The van der Waals surface area contributed by atoms with Crippen LogP contribution in [0, 0.1) is 12.7 Å². The summed E-state index contributed by atoms with van der Waals surface area (Å²) in [5, 5.41) is 9.11. The molecule has 3 aromatic rings. The van der Waals surface area contributed by atoms with Gasteiger partial charge in [-0.15, -0.1) is 0 Å². The van der Waals surface area contributed by atoms with E-state index in [4.69, 9.17) is 4.74 Å². The summed E-state index contributed by atoms with van der Waals surface area (Å²) >= 11 is 0. The molecule has 8 heteroatoms. The second kappa shape index (κ2) is 9.01. The third-order valence-corrected chi connectivity index (χ3v) is 4.03. The van der Waals surface area contributed by atoms with Crippen LogP contribution in [0.5, 0.6) is 5.75 Å². The Morgan fingerprint density at radius 1 is 1.03 bits per heavy atom. The maximum Gasteiger partial charge on any atom is 0.255 e. The molecule has 0 aliphatic carbocycles. The third kappa shape index (κ3) is 5.19. The van der Waals surface area contributed by atoms with Crippen molar-refractivity contribution in [2.45, 2.75) is 13.8 Å². The Morgan fingerprint density at radius 3 is 2.38 bits per heavy atom. The maximum absolute atomic E-state index is 13.8. The average molecular weight is 395 g/mol. The van der Waals surface area contributed by atoms with Gasteiger partial charge in [0, 0.05) is 29.5 Å². The Morgan fingerprint density at radius 2 is 1.72 bits per heavy atom. The van der Waals surface area contributed by atoms with E-state index in [2.05, 4.69) is 25.9 Å². The smallest absolute Gasteiger partial charge is 0.255 e. The highest BCUT2D eigenvalue weighted by molar-refractivity contribution is 6.04. The molecular weight excluding hydrogens is 373 g/mol. The Bertz CT molecular complexity index is 1010. The van der Waals surface area contributed by atoms with Crippen molar-refractivity contribution in [3.63, 3.8) is 0 Å². The predicted octanol–water partition coefficient (Wildman–Crippen LogP) is 4.36. The van der Waals surface area contributed by atoms with Crippen molar-refractivity contribution in [1.29, 1.82) is 0 Å². The van der Waals surface area contributed by atoms with Gasteiger partial charge in [-0.25, -0.2) is 14.4 Å². The first kappa shape index (κ1) is 20.1. The number of rotatable bonds is 7. The minimum absolute atomic E-state index is 0.0919. The second-order valence-electron chi connectivity index (χ2n) is 6.22. The van der Waals surface area contributed by atoms with Crippen molar-refractivity contribution in [2.75, 3.05) is 29.6 Å². The van der Waals surface area contributed by atoms with Crippen LogP contribution < -0.4 is 20.7 Å². The zero-order chi connectivity index (χ0) is 20.8. The van der Waals surface area contributed by atoms with E-state index in [0.29, 0.717) is 17.3 Å². The van der Waals surface area contributed by atoms with E-state index in [1.807, 2.05) is 32.0 Å². The zero-order valence-electron chi connectivity index (χ0n) is 16.4. The Balaban J connectivity index is 1.67. The SMILES string of the molecule is CCNc1cc(Nc2ccc(NC(=O)c3ccc(OC)c(F)c3)cc2)nc(C)n1. The fourth-order valence-corrected chi connectivity index (χ4v) is 2.70. The van der Waals surface area contributed by atoms with Crippen LogP contribution in [-0.4, -0.2) is 29.5 Å². The fourth-order valence-electron chi connectivity index (χ4n) is 2.70. The Hall–Kier alpha value is -3.68. The lowest BCUT2D eigenvalue weighted by atomic mass is 10.2. The van der Waals surface area contributed by atoms with E-state index in [0.717, 1.165) is 24.1 Å². The molecule has 2 aromatic carbocycles. The first-order chi connectivity index (χ1) is 14.0. The molecular formula is C21H22FN5O2. The Kier molecular flexibility index (Phi) is 6.23. The topological polar surface area (TPSA) is 88.2 Å². The number of carbonyl (C=O) groups excluding carboxylic acids is 1. The van der Waals surface area contributed by atoms with Crippen LogP contribution in [0.15, 0.2) is 48.5 Å². The van der Waals surface area contributed by atoms with Crippen molar-refractivity contribution in [1.82, 2.24) is 9.97 Å². The highest BCUT2D eigenvalue weighted by Gasteiger charge is 2.10. The van der Waals surface area contributed by atoms with E-state index in [1.165, 1.54) is 19.2 Å². The van der Waals surface area contributed by atoms with Gasteiger partial charge in [0.25, 0.3) is 5.91 Å². The molecule has 0 bridgehead atoms. The number of benzene rings is 2. The van der Waals surface area contributed by atoms with Crippen LogP contribution in [0.25, 0.3) is 0 Å². The van der Waals surface area contributed by atoms with E-state index in [1.54, 1.807) is 12.1 Å². The molecule has 1 heterocycles. The molecule has 1 amide bonds. The van der Waals surface area contributed by atoms with Crippen LogP contribution in [0.4, 0.5) is 27.4 Å². The average Bonchev–Trinajstić information content (AvgIpc) is 2.69. The Labute approximate surface area is 168 Å². The largest absolute Gasteiger partial charge is 0.494 e. The number of nitrogens with zero attached hydrogens (tertiary/aromatic N) is 2. The minimum Gasteiger partial charge on any atom is -0.494 e. The van der Waals surface area contributed by atoms with Crippen molar-refractivity contribution in [3.05, 3.63) is 65.7 Å². The van der Waals surface area contributed by atoms with Crippen molar-refractivity contribution < 1.29 is 13.9 Å². The van der Waals surface area contributed by atoms with Gasteiger partial charge in [-0.1, -0.05) is 0 Å². The number of carbonyl (C=O) groups is 1. The van der Waals surface area contributed by atoms with Crippen LogP contribution in [0.3, 0.4) is 0 Å². The van der Waals surface area contributed by atoms with Crippen molar-refractivity contribution in [2.24, 2.45) is 0 Å². The molecule has 0 spiro atoms. The molecule has 0 saturated heterocycles. The van der Waals surface area contributed by atoms with Gasteiger partial charge in [-0.05, 0) is 56.3 Å². The van der Waals surface area contributed by atoms with Gasteiger partial charge in [0.15, 0.2) is 11.6 Å². The summed E-state index contributed by atoms with van der Waals surface area (Å²) in [4.78, 5) is 21.0. The molecule has 0 aliphatic heterocycles. The third-order valence-electron chi connectivity index (χ3n) is 4.03. The molecule has 7 nitrogen and oxygen atoms in total. The maximum atomic E-state index is 13.8. The molecule has 0 atom stereocenters. The monoisotopic (exact) mass is 395 g/mol. The number of hydrogen-bond acceptors (Lipinski definition) is 6. The van der Waals surface area contributed by atoms with Gasteiger partial charge in [0.1, 0.15) is 17.5 Å². The van der Waals surface area contributed by atoms with Crippen LogP contribution in [0.2, 0.25) is 0 Å². The van der Waals surface area contributed by atoms with Gasteiger partial charge < -0.3 is 20.7 Å². The van der Waals surface area contributed by atoms with Crippen molar-refractivity contribution in [3.8, 4) is 5.75 Å². The van der Waals surface area contributed by atoms with Crippen LogP contribution in [0.1, 0.15) is 23.1 Å². The summed E-state index contributed by atoms with van der Waals surface area (Å²) in [6, 6.07) is 13.0. The van der Waals surface area contributed by atoms with Gasteiger partial charge in [0.05, 0.1) is 7.11 Å². The summed E-state index contributed by atoms with van der Waals surface area (Å²) in [7, 11) is 1.37. The molecule has 29 heavy (non-hydrogen) atoms. The number of aryl methyl sites for hydroxylation is 1. The number of hydrogen-bond donors (Lipinski definition) is 3. The van der Waals surface area contributed by atoms with Crippen molar-refractivity contribution >= 4 is 28.9 Å². The zero-order valence-corrected chi connectivity index (χ0v) is 16.4. The number of amides is 1. The molecule has 1 aromatic heterocycles. The molecule has 3 rings (SSSR count). The number of aromatic nitrogens is 2. The highest BCUT2D eigenvalue weighted by atomic mass is 19.1. The van der Waals surface area contributed by atoms with E-state index in [9.17, 15) is 9.18 Å².